The SMILES string of the molecule is CCCC1SC2=CC=CC2=C1c1ccccc1. The lowest BCUT2D eigenvalue weighted by atomic mass is 9.95. The van der Waals surface area contributed by atoms with Crippen molar-refractivity contribution in [3.05, 3.63) is 64.6 Å². The predicted molar refractivity (Wildman–Crippen MR) is 76.9 cm³/mol. The molecule has 0 N–H and O–H groups in total. The molecule has 0 nitrogen and oxygen atoms in total. The van der Waals surface area contributed by atoms with E-state index < -0.39 is 0 Å². The summed E-state index contributed by atoms with van der Waals surface area (Å²) < 4.78 is 0. The van der Waals surface area contributed by atoms with Crippen molar-refractivity contribution in [2.45, 2.75) is 25.0 Å². The number of benzene rings is 1. The van der Waals surface area contributed by atoms with Crippen LogP contribution >= 0.6 is 11.8 Å². The largest absolute Gasteiger partial charge is 0.117 e. The van der Waals surface area contributed by atoms with Gasteiger partial charge in [-0.05, 0) is 29.2 Å². The Hall–Kier alpha value is -1.21. The minimum Gasteiger partial charge on any atom is -0.117 e. The highest BCUT2D eigenvalue weighted by molar-refractivity contribution is 8.04. The first-order valence-corrected chi connectivity index (χ1v) is 7.13. The normalized spacial score (nSPS) is 21.9. The summed E-state index contributed by atoms with van der Waals surface area (Å²) in [5.74, 6) is 0. The van der Waals surface area contributed by atoms with E-state index in [9.17, 15) is 0 Å². The van der Waals surface area contributed by atoms with Gasteiger partial charge in [0, 0.05) is 10.2 Å². The Morgan fingerprint density at radius 3 is 2.76 bits per heavy atom. The quantitative estimate of drug-likeness (QED) is 0.730. The second-order valence-corrected chi connectivity index (χ2v) is 5.72. The zero-order chi connectivity index (χ0) is 11.7. The van der Waals surface area contributed by atoms with E-state index in [0.717, 1.165) is 0 Å². The summed E-state index contributed by atoms with van der Waals surface area (Å²) in [6.45, 7) is 2.27. The molecule has 1 heterocycles. The van der Waals surface area contributed by atoms with E-state index in [1.54, 1.807) is 0 Å². The lowest BCUT2D eigenvalue weighted by Gasteiger charge is -2.13. The van der Waals surface area contributed by atoms with Gasteiger partial charge in [-0.15, -0.1) is 11.8 Å². The fraction of sp³-hybridized carbons (Fsp3) is 0.250. The van der Waals surface area contributed by atoms with Crippen molar-refractivity contribution in [2.75, 3.05) is 0 Å². The maximum Gasteiger partial charge on any atom is 0.0356 e. The molecule has 0 radical (unpaired) electrons. The van der Waals surface area contributed by atoms with Gasteiger partial charge >= 0.3 is 0 Å². The number of rotatable bonds is 3. The highest BCUT2D eigenvalue weighted by Crippen LogP contribution is 2.50. The van der Waals surface area contributed by atoms with Gasteiger partial charge in [0.1, 0.15) is 0 Å². The van der Waals surface area contributed by atoms with Gasteiger partial charge in [-0.2, -0.15) is 0 Å². The van der Waals surface area contributed by atoms with E-state index in [1.165, 1.54) is 34.5 Å². The molecule has 0 amide bonds. The average molecular weight is 240 g/mol. The van der Waals surface area contributed by atoms with Crippen LogP contribution in [0.4, 0.5) is 0 Å². The van der Waals surface area contributed by atoms with Crippen molar-refractivity contribution in [1.82, 2.24) is 0 Å². The third kappa shape index (κ3) is 1.89. The van der Waals surface area contributed by atoms with E-state index in [-0.39, 0.29) is 0 Å². The fourth-order valence-corrected chi connectivity index (χ4v) is 4.04. The van der Waals surface area contributed by atoms with Crippen LogP contribution in [0.1, 0.15) is 25.3 Å². The van der Waals surface area contributed by atoms with Crippen molar-refractivity contribution < 1.29 is 0 Å². The van der Waals surface area contributed by atoms with Gasteiger partial charge in [-0.25, -0.2) is 0 Å². The molecule has 2 aliphatic rings. The van der Waals surface area contributed by atoms with Crippen molar-refractivity contribution in [3.63, 3.8) is 0 Å². The maximum absolute atomic E-state index is 2.27. The summed E-state index contributed by atoms with van der Waals surface area (Å²) in [4.78, 5) is 1.46. The van der Waals surface area contributed by atoms with Gasteiger partial charge in [0.15, 0.2) is 0 Å². The molecule has 17 heavy (non-hydrogen) atoms. The van der Waals surface area contributed by atoms with Gasteiger partial charge in [-0.1, -0.05) is 55.8 Å². The van der Waals surface area contributed by atoms with Crippen LogP contribution in [0.2, 0.25) is 0 Å². The summed E-state index contributed by atoms with van der Waals surface area (Å²) in [5, 5.41) is 0.647. The van der Waals surface area contributed by atoms with Crippen LogP contribution in [0.25, 0.3) is 5.57 Å². The van der Waals surface area contributed by atoms with Crippen LogP contribution < -0.4 is 0 Å². The smallest absolute Gasteiger partial charge is 0.0356 e. The van der Waals surface area contributed by atoms with Gasteiger partial charge in [0.05, 0.1) is 0 Å². The van der Waals surface area contributed by atoms with Gasteiger partial charge in [0.25, 0.3) is 0 Å². The summed E-state index contributed by atoms with van der Waals surface area (Å²) in [6.07, 6.45) is 9.20. The Morgan fingerprint density at radius 1 is 1.18 bits per heavy atom. The number of allylic oxidation sites excluding steroid dienone is 4. The first-order chi connectivity index (χ1) is 8.40. The Bertz CT molecular complexity index is 506. The molecule has 0 bridgehead atoms. The number of hydrogen-bond acceptors (Lipinski definition) is 1. The third-order valence-electron chi connectivity index (χ3n) is 3.29. The second-order valence-electron chi connectivity index (χ2n) is 4.48. The molecule has 86 valence electrons. The van der Waals surface area contributed by atoms with Crippen LogP contribution in [0, 0.1) is 0 Å². The van der Waals surface area contributed by atoms with Gasteiger partial charge in [-0.3, -0.25) is 0 Å². The zero-order valence-electron chi connectivity index (χ0n) is 10.0. The van der Waals surface area contributed by atoms with Crippen LogP contribution in [-0.4, -0.2) is 5.25 Å². The molecule has 1 aliphatic heterocycles. The molecule has 0 saturated heterocycles. The van der Waals surface area contributed by atoms with Crippen molar-refractivity contribution in [1.29, 1.82) is 0 Å². The summed E-state index contributed by atoms with van der Waals surface area (Å²) in [5.41, 5.74) is 4.39. The fourth-order valence-electron chi connectivity index (χ4n) is 2.54. The average Bonchev–Trinajstić information content (AvgIpc) is 2.90. The van der Waals surface area contributed by atoms with Crippen molar-refractivity contribution in [3.8, 4) is 0 Å². The molecule has 1 heteroatoms. The van der Waals surface area contributed by atoms with Gasteiger partial charge < -0.3 is 0 Å². The summed E-state index contributed by atoms with van der Waals surface area (Å²) in [7, 11) is 0. The topological polar surface area (TPSA) is 0 Å². The summed E-state index contributed by atoms with van der Waals surface area (Å²) in [6, 6.07) is 10.8. The predicted octanol–water partition coefficient (Wildman–Crippen LogP) is 4.81. The van der Waals surface area contributed by atoms with E-state index >= 15 is 0 Å². The van der Waals surface area contributed by atoms with Crippen molar-refractivity contribution >= 4 is 17.3 Å². The standard InChI is InChI=1S/C16H16S/c1-2-7-15-16(12-8-4-3-5-9-12)13-10-6-11-14(13)17-15/h3-6,8-11,15H,2,7H2,1H3. The van der Waals surface area contributed by atoms with Crippen LogP contribution in [0.15, 0.2) is 59.0 Å². The molecule has 1 aromatic carbocycles. The second kappa shape index (κ2) is 4.58. The van der Waals surface area contributed by atoms with Crippen LogP contribution in [0.3, 0.4) is 0 Å². The molecule has 0 saturated carbocycles. The lowest BCUT2D eigenvalue weighted by Crippen LogP contribution is -2.02. The van der Waals surface area contributed by atoms with E-state index in [2.05, 4.69) is 55.5 Å². The molecule has 1 aliphatic carbocycles. The highest BCUT2D eigenvalue weighted by Gasteiger charge is 2.30. The van der Waals surface area contributed by atoms with Gasteiger partial charge in [0.2, 0.25) is 0 Å². The maximum atomic E-state index is 2.27. The Kier molecular flexibility index (Phi) is 2.94. The first-order valence-electron chi connectivity index (χ1n) is 6.25. The highest BCUT2D eigenvalue weighted by atomic mass is 32.2. The molecule has 1 aromatic rings. The number of thioether (sulfide) groups is 1. The minimum absolute atomic E-state index is 0.647. The molecule has 0 spiro atoms. The number of hydrogen-bond donors (Lipinski definition) is 0. The van der Waals surface area contributed by atoms with E-state index in [1.807, 2.05) is 11.8 Å². The van der Waals surface area contributed by atoms with Crippen LogP contribution in [0.5, 0.6) is 0 Å². The molecule has 1 unspecified atom stereocenters. The zero-order valence-corrected chi connectivity index (χ0v) is 10.8. The molecule has 0 aromatic heterocycles. The third-order valence-corrected chi connectivity index (χ3v) is 4.66. The Labute approximate surface area is 107 Å². The monoisotopic (exact) mass is 240 g/mol. The lowest BCUT2D eigenvalue weighted by molar-refractivity contribution is 0.839. The molecule has 0 fully saturated rings. The van der Waals surface area contributed by atoms with E-state index in [0.29, 0.717) is 5.25 Å². The van der Waals surface area contributed by atoms with Crippen LogP contribution in [-0.2, 0) is 0 Å². The molecular weight excluding hydrogens is 224 g/mol. The molecule has 3 rings (SSSR count). The Balaban J connectivity index is 2.06. The molecule has 1 atom stereocenters. The van der Waals surface area contributed by atoms with E-state index in [4.69, 9.17) is 0 Å². The first kappa shape index (κ1) is 10.9. The number of fused-ring (bicyclic) bond motifs is 1. The van der Waals surface area contributed by atoms with Crippen molar-refractivity contribution in [2.24, 2.45) is 0 Å². The molecular formula is C16H16S. The minimum atomic E-state index is 0.647. The Morgan fingerprint density at radius 2 is 2.00 bits per heavy atom. The summed E-state index contributed by atoms with van der Waals surface area (Å²) >= 11 is 2.03.